The van der Waals surface area contributed by atoms with E-state index in [1.165, 1.54) is 12.1 Å². The summed E-state index contributed by atoms with van der Waals surface area (Å²) in [4.78, 5) is 37.1. The molecule has 1 aromatic carbocycles. The third kappa shape index (κ3) is 5.31. The third-order valence-corrected chi connectivity index (χ3v) is 8.42. The number of pyridine rings is 1. The average molecular weight is 540 g/mol. The van der Waals surface area contributed by atoms with E-state index in [4.69, 9.17) is 0 Å². The molecule has 1 unspecified atom stereocenters. The number of benzene rings is 1. The molecule has 1 aromatic heterocycles. The Bertz CT molecular complexity index is 1280. The summed E-state index contributed by atoms with van der Waals surface area (Å²) in [5.41, 5.74) is 1.37. The van der Waals surface area contributed by atoms with E-state index in [1.54, 1.807) is 29.0 Å². The number of nitrogens with zero attached hydrogens (tertiary/aromatic N) is 4. The van der Waals surface area contributed by atoms with Crippen molar-refractivity contribution in [2.24, 2.45) is 0 Å². The highest BCUT2D eigenvalue weighted by Gasteiger charge is 2.42. The lowest BCUT2D eigenvalue weighted by Crippen LogP contribution is -2.60. The standard InChI is InChI=1S/C30H39F2N5O2/c1-6-9-30(5,32)21-10-25-27(34-12-21)29(3,4)18-37(25)26(38)17-35-14-19(2)33-13-23(35)16-36-15-20-7-8-22(31)11-24(20)28(36)39/h7-8,10-12,19,23,33H,6,9,13-18H2,1-5H3/t19-,23-,30?/m1/s1. The largest absolute Gasteiger partial charge is 0.333 e. The minimum atomic E-state index is -1.51. The Morgan fingerprint density at radius 3 is 2.79 bits per heavy atom. The van der Waals surface area contributed by atoms with Gasteiger partial charge in [-0.3, -0.25) is 19.5 Å². The Balaban J connectivity index is 1.34. The van der Waals surface area contributed by atoms with Gasteiger partial charge < -0.3 is 15.1 Å². The van der Waals surface area contributed by atoms with E-state index in [-0.39, 0.29) is 35.9 Å². The van der Waals surface area contributed by atoms with Crippen molar-refractivity contribution in [2.75, 3.05) is 37.6 Å². The Morgan fingerprint density at radius 2 is 2.05 bits per heavy atom. The fraction of sp³-hybridized carbons (Fsp3) is 0.567. The summed E-state index contributed by atoms with van der Waals surface area (Å²) in [7, 11) is 0. The molecule has 7 nitrogen and oxygen atoms in total. The van der Waals surface area contributed by atoms with Crippen molar-refractivity contribution in [1.29, 1.82) is 0 Å². The van der Waals surface area contributed by atoms with E-state index < -0.39 is 11.5 Å². The Hall–Kier alpha value is -2.91. The van der Waals surface area contributed by atoms with Crippen molar-refractivity contribution < 1.29 is 18.4 Å². The quantitative estimate of drug-likeness (QED) is 0.573. The first-order valence-corrected chi connectivity index (χ1v) is 13.9. The summed E-state index contributed by atoms with van der Waals surface area (Å²) in [5, 5.41) is 3.47. The number of nitrogens with one attached hydrogen (secondary N) is 1. The van der Waals surface area contributed by atoms with Gasteiger partial charge in [-0.1, -0.05) is 33.3 Å². The van der Waals surface area contributed by atoms with Crippen LogP contribution < -0.4 is 10.2 Å². The lowest BCUT2D eigenvalue weighted by atomic mass is 9.89. The van der Waals surface area contributed by atoms with Crippen LogP contribution in [0.15, 0.2) is 30.5 Å². The predicted molar refractivity (Wildman–Crippen MR) is 147 cm³/mol. The SMILES string of the molecule is CCCC(C)(F)c1cnc2c(c1)N(C(=O)CN1C[C@@H](C)NC[C@@H]1CN1Cc3ccc(F)cc3C1=O)CC2(C)C. The van der Waals surface area contributed by atoms with Gasteiger partial charge >= 0.3 is 0 Å². The average Bonchev–Trinajstić information content (AvgIpc) is 3.33. The van der Waals surface area contributed by atoms with Crippen molar-refractivity contribution in [3.8, 4) is 0 Å². The van der Waals surface area contributed by atoms with Gasteiger partial charge in [-0.15, -0.1) is 0 Å². The topological polar surface area (TPSA) is 68.8 Å². The smallest absolute Gasteiger partial charge is 0.254 e. The number of rotatable bonds is 7. The third-order valence-electron chi connectivity index (χ3n) is 8.42. The minimum absolute atomic E-state index is 0.0611. The van der Waals surface area contributed by atoms with Crippen LogP contribution in [0, 0.1) is 5.82 Å². The van der Waals surface area contributed by atoms with E-state index in [0.29, 0.717) is 62.4 Å². The maximum Gasteiger partial charge on any atom is 0.254 e. The van der Waals surface area contributed by atoms with Gasteiger partial charge in [0.2, 0.25) is 5.91 Å². The molecule has 5 rings (SSSR count). The van der Waals surface area contributed by atoms with Crippen molar-refractivity contribution in [3.63, 3.8) is 0 Å². The van der Waals surface area contributed by atoms with Crippen LogP contribution in [0.1, 0.15) is 74.6 Å². The first-order chi connectivity index (χ1) is 18.4. The molecule has 0 saturated carbocycles. The first-order valence-electron chi connectivity index (χ1n) is 13.9. The Kier molecular flexibility index (Phi) is 7.26. The molecule has 0 aliphatic carbocycles. The molecule has 1 fully saturated rings. The van der Waals surface area contributed by atoms with Gasteiger partial charge in [-0.05, 0) is 44.0 Å². The molecule has 0 radical (unpaired) electrons. The van der Waals surface area contributed by atoms with Crippen molar-refractivity contribution in [1.82, 2.24) is 20.1 Å². The van der Waals surface area contributed by atoms with Gasteiger partial charge in [0.05, 0.1) is 17.9 Å². The number of amides is 2. The number of hydrogen-bond acceptors (Lipinski definition) is 5. The zero-order chi connectivity index (χ0) is 28.1. The molecular formula is C30H39F2N5O2. The van der Waals surface area contributed by atoms with Gasteiger partial charge in [0.25, 0.3) is 5.91 Å². The Labute approximate surface area is 229 Å². The maximum atomic E-state index is 15.4. The summed E-state index contributed by atoms with van der Waals surface area (Å²) in [6, 6.07) is 6.27. The highest BCUT2D eigenvalue weighted by molar-refractivity contribution is 5.98. The first kappa shape index (κ1) is 27.6. The monoisotopic (exact) mass is 539 g/mol. The molecule has 3 aliphatic rings. The highest BCUT2D eigenvalue weighted by atomic mass is 19.1. The molecule has 2 aromatic rings. The molecule has 9 heteroatoms. The van der Waals surface area contributed by atoms with Crippen LogP contribution in [0.5, 0.6) is 0 Å². The van der Waals surface area contributed by atoms with E-state index >= 15 is 4.39 Å². The van der Waals surface area contributed by atoms with Crippen LogP contribution in [0.25, 0.3) is 0 Å². The second-order valence-electron chi connectivity index (χ2n) is 12.3. The second kappa shape index (κ2) is 10.2. The van der Waals surface area contributed by atoms with Crippen molar-refractivity contribution in [2.45, 2.75) is 77.2 Å². The van der Waals surface area contributed by atoms with Crippen LogP contribution >= 0.6 is 0 Å². The minimum Gasteiger partial charge on any atom is -0.333 e. The number of fused-ring (bicyclic) bond motifs is 2. The number of carbonyl (C=O) groups excluding carboxylic acids is 2. The second-order valence-corrected chi connectivity index (χ2v) is 12.3. The number of aromatic nitrogens is 1. The van der Waals surface area contributed by atoms with Gasteiger partial charge in [0.15, 0.2) is 0 Å². The van der Waals surface area contributed by atoms with Crippen LogP contribution in [0.4, 0.5) is 14.5 Å². The summed E-state index contributed by atoms with van der Waals surface area (Å²) >= 11 is 0. The highest BCUT2D eigenvalue weighted by Crippen LogP contribution is 2.42. The van der Waals surface area contributed by atoms with Gasteiger partial charge in [0, 0.05) is 67.5 Å². The summed E-state index contributed by atoms with van der Waals surface area (Å²) < 4.78 is 29.2. The summed E-state index contributed by atoms with van der Waals surface area (Å²) in [6.45, 7) is 12.5. The van der Waals surface area contributed by atoms with Crippen LogP contribution in [0.3, 0.4) is 0 Å². The maximum absolute atomic E-state index is 15.4. The molecule has 39 heavy (non-hydrogen) atoms. The van der Waals surface area contributed by atoms with Crippen molar-refractivity contribution >= 4 is 17.5 Å². The lowest BCUT2D eigenvalue weighted by Gasteiger charge is -2.41. The normalized spacial score (nSPS) is 24.0. The lowest BCUT2D eigenvalue weighted by molar-refractivity contribution is -0.120. The number of hydrogen-bond donors (Lipinski definition) is 1. The molecule has 0 bridgehead atoms. The molecule has 3 aliphatic heterocycles. The molecule has 0 spiro atoms. The predicted octanol–water partition coefficient (Wildman–Crippen LogP) is 4.15. The van der Waals surface area contributed by atoms with Gasteiger partial charge in [-0.2, -0.15) is 0 Å². The molecule has 1 saturated heterocycles. The molecular weight excluding hydrogens is 500 g/mol. The summed E-state index contributed by atoms with van der Waals surface area (Å²) in [5.74, 6) is -0.655. The van der Waals surface area contributed by atoms with E-state index in [1.807, 2.05) is 13.0 Å². The molecule has 4 heterocycles. The van der Waals surface area contributed by atoms with Crippen LogP contribution in [0.2, 0.25) is 0 Å². The van der Waals surface area contributed by atoms with Crippen LogP contribution in [-0.2, 0) is 22.4 Å². The molecule has 1 N–H and O–H groups in total. The zero-order valence-electron chi connectivity index (χ0n) is 23.6. The van der Waals surface area contributed by atoms with Gasteiger partial charge in [0.1, 0.15) is 11.5 Å². The fourth-order valence-electron chi connectivity index (χ4n) is 6.26. The number of piperazine rings is 1. The van der Waals surface area contributed by atoms with Crippen LogP contribution in [-0.4, -0.2) is 71.4 Å². The number of halogens is 2. The zero-order valence-corrected chi connectivity index (χ0v) is 23.6. The Morgan fingerprint density at radius 1 is 1.28 bits per heavy atom. The van der Waals surface area contributed by atoms with E-state index in [2.05, 4.69) is 36.0 Å². The van der Waals surface area contributed by atoms with E-state index in [9.17, 15) is 14.0 Å². The molecule has 3 atom stereocenters. The molecule has 210 valence electrons. The molecule has 2 amide bonds. The number of anilines is 1. The fourth-order valence-corrected chi connectivity index (χ4v) is 6.26. The number of alkyl halides is 1. The van der Waals surface area contributed by atoms with Gasteiger partial charge in [-0.25, -0.2) is 8.78 Å². The van der Waals surface area contributed by atoms with E-state index in [0.717, 1.165) is 11.3 Å². The summed E-state index contributed by atoms with van der Waals surface area (Å²) in [6.07, 6.45) is 2.71. The number of carbonyl (C=O) groups is 2. The van der Waals surface area contributed by atoms with Crippen molar-refractivity contribution in [3.05, 3.63) is 58.7 Å².